The smallest absolute Gasteiger partial charge is 0.146 e. The van der Waals surface area contributed by atoms with Crippen molar-refractivity contribution in [1.29, 1.82) is 0 Å². The van der Waals surface area contributed by atoms with Crippen LogP contribution >= 0.6 is 11.8 Å². The van der Waals surface area contributed by atoms with Gasteiger partial charge < -0.3 is 5.32 Å². The van der Waals surface area contributed by atoms with Crippen LogP contribution in [0.15, 0.2) is 47.4 Å². The fourth-order valence-electron chi connectivity index (χ4n) is 2.41. The standard InChI is InChI=1S/C16H16FNS/c1-11-6-7-14(17)15(8-11)18-9-12-10-19-16-5-3-2-4-13(12)16/h2-8,12,18H,9-10H2,1H3. The number of aryl methyl sites for hydroxylation is 1. The Balaban J connectivity index is 1.72. The minimum atomic E-state index is -0.176. The summed E-state index contributed by atoms with van der Waals surface area (Å²) in [5, 5.41) is 3.25. The first-order chi connectivity index (χ1) is 9.24. The van der Waals surface area contributed by atoms with Crippen LogP contribution in [0.4, 0.5) is 10.1 Å². The van der Waals surface area contributed by atoms with Gasteiger partial charge in [0.1, 0.15) is 5.82 Å². The average molecular weight is 273 g/mol. The van der Waals surface area contributed by atoms with Crippen LogP contribution in [0.3, 0.4) is 0 Å². The topological polar surface area (TPSA) is 12.0 Å². The zero-order chi connectivity index (χ0) is 13.2. The largest absolute Gasteiger partial charge is 0.382 e. The molecule has 0 aromatic heterocycles. The molecule has 0 spiro atoms. The summed E-state index contributed by atoms with van der Waals surface area (Å²) in [5.74, 6) is 1.35. The van der Waals surface area contributed by atoms with E-state index in [4.69, 9.17) is 0 Å². The molecule has 1 atom stereocenters. The van der Waals surface area contributed by atoms with Crippen molar-refractivity contribution in [2.24, 2.45) is 0 Å². The van der Waals surface area contributed by atoms with Crippen LogP contribution in [0.5, 0.6) is 0 Å². The van der Waals surface area contributed by atoms with Crippen LogP contribution < -0.4 is 5.32 Å². The van der Waals surface area contributed by atoms with Crippen LogP contribution in [0.2, 0.25) is 0 Å². The van der Waals surface area contributed by atoms with Gasteiger partial charge in [0.05, 0.1) is 5.69 Å². The van der Waals surface area contributed by atoms with E-state index in [1.807, 2.05) is 24.8 Å². The fraction of sp³-hybridized carbons (Fsp3) is 0.250. The summed E-state index contributed by atoms with van der Waals surface area (Å²) < 4.78 is 13.7. The molecule has 0 radical (unpaired) electrons. The first kappa shape index (κ1) is 12.5. The van der Waals surface area contributed by atoms with E-state index in [2.05, 4.69) is 29.6 Å². The summed E-state index contributed by atoms with van der Waals surface area (Å²) in [4.78, 5) is 1.36. The number of hydrogen-bond donors (Lipinski definition) is 1. The minimum absolute atomic E-state index is 0.176. The van der Waals surface area contributed by atoms with E-state index in [1.54, 1.807) is 6.07 Å². The molecule has 0 saturated carbocycles. The Hall–Kier alpha value is -1.48. The molecule has 98 valence electrons. The third-order valence-electron chi connectivity index (χ3n) is 3.46. The highest BCUT2D eigenvalue weighted by Crippen LogP contribution is 2.39. The summed E-state index contributed by atoms with van der Waals surface area (Å²) in [6, 6.07) is 13.7. The van der Waals surface area contributed by atoms with Crippen molar-refractivity contribution in [2.75, 3.05) is 17.6 Å². The number of fused-ring (bicyclic) bond motifs is 1. The Morgan fingerprint density at radius 2 is 2.11 bits per heavy atom. The SMILES string of the molecule is Cc1ccc(F)c(NCC2CSc3ccccc32)c1. The first-order valence-corrected chi connectivity index (χ1v) is 7.44. The zero-order valence-corrected chi connectivity index (χ0v) is 11.6. The Labute approximate surface area is 117 Å². The number of anilines is 1. The highest BCUT2D eigenvalue weighted by Gasteiger charge is 2.22. The normalized spacial score (nSPS) is 17.3. The molecule has 0 saturated heterocycles. The third-order valence-corrected chi connectivity index (χ3v) is 4.71. The summed E-state index contributed by atoms with van der Waals surface area (Å²) in [6.45, 7) is 2.76. The van der Waals surface area contributed by atoms with Gasteiger partial charge in [-0.2, -0.15) is 0 Å². The van der Waals surface area contributed by atoms with Crippen molar-refractivity contribution in [3.8, 4) is 0 Å². The maximum atomic E-state index is 13.7. The second kappa shape index (κ2) is 5.25. The Morgan fingerprint density at radius 3 is 3.00 bits per heavy atom. The fourth-order valence-corrected chi connectivity index (χ4v) is 3.66. The van der Waals surface area contributed by atoms with Crippen molar-refractivity contribution in [3.63, 3.8) is 0 Å². The lowest BCUT2D eigenvalue weighted by Crippen LogP contribution is -2.13. The number of thioether (sulfide) groups is 1. The first-order valence-electron chi connectivity index (χ1n) is 6.46. The van der Waals surface area contributed by atoms with Crippen LogP contribution in [0, 0.1) is 12.7 Å². The van der Waals surface area contributed by atoms with Crippen LogP contribution in [-0.2, 0) is 0 Å². The molecule has 2 aromatic rings. The highest BCUT2D eigenvalue weighted by molar-refractivity contribution is 7.99. The highest BCUT2D eigenvalue weighted by atomic mass is 32.2. The van der Waals surface area contributed by atoms with Gasteiger partial charge in [0.2, 0.25) is 0 Å². The number of hydrogen-bond acceptors (Lipinski definition) is 2. The quantitative estimate of drug-likeness (QED) is 0.887. The van der Waals surface area contributed by atoms with Crippen LogP contribution in [0.1, 0.15) is 17.0 Å². The monoisotopic (exact) mass is 273 g/mol. The number of benzene rings is 2. The van der Waals surface area contributed by atoms with Crippen molar-refractivity contribution in [1.82, 2.24) is 0 Å². The molecule has 3 heteroatoms. The molecule has 1 unspecified atom stereocenters. The number of halogens is 1. The van der Waals surface area contributed by atoms with Gasteiger partial charge in [0, 0.05) is 23.1 Å². The molecule has 1 aliphatic rings. The summed E-state index contributed by atoms with van der Waals surface area (Å²) in [5.41, 5.74) is 3.06. The van der Waals surface area contributed by atoms with E-state index in [0.29, 0.717) is 11.6 Å². The maximum absolute atomic E-state index is 13.7. The van der Waals surface area contributed by atoms with Crippen LogP contribution in [0.25, 0.3) is 0 Å². The summed E-state index contributed by atoms with van der Waals surface area (Å²) >= 11 is 1.88. The van der Waals surface area contributed by atoms with Crippen molar-refractivity contribution >= 4 is 17.4 Å². The Morgan fingerprint density at radius 1 is 1.26 bits per heavy atom. The minimum Gasteiger partial charge on any atom is -0.382 e. The molecular formula is C16H16FNS. The van der Waals surface area contributed by atoms with Gasteiger partial charge in [-0.15, -0.1) is 11.8 Å². The van der Waals surface area contributed by atoms with E-state index in [1.165, 1.54) is 16.5 Å². The predicted molar refractivity (Wildman–Crippen MR) is 79.5 cm³/mol. The van der Waals surface area contributed by atoms with Gasteiger partial charge in [-0.25, -0.2) is 4.39 Å². The number of nitrogens with one attached hydrogen (secondary N) is 1. The van der Waals surface area contributed by atoms with E-state index in [0.717, 1.165) is 17.9 Å². The molecule has 3 rings (SSSR count). The van der Waals surface area contributed by atoms with E-state index in [-0.39, 0.29) is 5.82 Å². The molecule has 1 heterocycles. The lowest BCUT2D eigenvalue weighted by molar-refractivity contribution is 0.628. The van der Waals surface area contributed by atoms with Gasteiger partial charge in [0.15, 0.2) is 0 Å². The lowest BCUT2D eigenvalue weighted by Gasteiger charge is -2.14. The van der Waals surface area contributed by atoms with E-state index < -0.39 is 0 Å². The van der Waals surface area contributed by atoms with Gasteiger partial charge in [0.25, 0.3) is 0 Å². The molecule has 2 aromatic carbocycles. The van der Waals surface area contributed by atoms with Gasteiger partial charge >= 0.3 is 0 Å². The average Bonchev–Trinajstić information content (AvgIpc) is 2.83. The molecule has 0 bridgehead atoms. The van der Waals surface area contributed by atoms with Gasteiger partial charge in [-0.1, -0.05) is 24.3 Å². The molecule has 1 aliphatic heterocycles. The molecule has 0 amide bonds. The van der Waals surface area contributed by atoms with Crippen LogP contribution in [-0.4, -0.2) is 12.3 Å². The molecule has 0 fully saturated rings. The molecular weight excluding hydrogens is 257 g/mol. The Bertz CT molecular complexity index is 597. The summed E-state index contributed by atoms with van der Waals surface area (Å²) in [7, 11) is 0. The predicted octanol–water partition coefficient (Wildman–Crippen LogP) is 4.44. The van der Waals surface area contributed by atoms with E-state index in [9.17, 15) is 4.39 Å². The summed E-state index contributed by atoms with van der Waals surface area (Å²) in [6.07, 6.45) is 0. The molecule has 1 nitrogen and oxygen atoms in total. The Kier molecular flexibility index (Phi) is 3.47. The second-order valence-electron chi connectivity index (χ2n) is 4.91. The third kappa shape index (κ3) is 2.61. The van der Waals surface area contributed by atoms with Gasteiger partial charge in [-0.05, 0) is 36.2 Å². The molecule has 0 aliphatic carbocycles. The van der Waals surface area contributed by atoms with Crippen molar-refractivity contribution in [2.45, 2.75) is 17.7 Å². The molecule has 1 N–H and O–H groups in total. The zero-order valence-electron chi connectivity index (χ0n) is 10.8. The lowest BCUT2D eigenvalue weighted by atomic mass is 10.0. The molecule has 19 heavy (non-hydrogen) atoms. The van der Waals surface area contributed by atoms with E-state index >= 15 is 0 Å². The maximum Gasteiger partial charge on any atom is 0.146 e. The van der Waals surface area contributed by atoms with Crippen molar-refractivity contribution < 1.29 is 4.39 Å². The second-order valence-corrected chi connectivity index (χ2v) is 5.97. The number of rotatable bonds is 3. The van der Waals surface area contributed by atoms with Gasteiger partial charge in [-0.3, -0.25) is 0 Å². The van der Waals surface area contributed by atoms with Crippen molar-refractivity contribution in [3.05, 3.63) is 59.4 Å².